The molecule has 2 aliphatic heterocycles. The quantitative estimate of drug-likeness (QED) is 0.886. The molecular weight excluding hydrogens is 294 g/mol. The first-order chi connectivity index (χ1) is 11.2. The molecule has 2 aliphatic rings. The Balaban J connectivity index is 1.57. The number of ether oxygens (including phenoxy) is 1. The zero-order valence-corrected chi connectivity index (χ0v) is 13.5. The molecule has 124 valence electrons. The van der Waals surface area contributed by atoms with Gasteiger partial charge in [-0.05, 0) is 31.2 Å². The Morgan fingerprint density at radius 3 is 2.57 bits per heavy atom. The van der Waals surface area contributed by atoms with Crippen molar-refractivity contribution in [3.63, 3.8) is 0 Å². The number of methoxy groups -OCH3 is 1. The van der Waals surface area contributed by atoms with Gasteiger partial charge < -0.3 is 19.9 Å². The van der Waals surface area contributed by atoms with Crippen LogP contribution in [-0.2, 0) is 4.79 Å². The minimum Gasteiger partial charge on any atom is -0.497 e. The molecule has 6 nitrogen and oxygen atoms in total. The second-order valence-corrected chi connectivity index (χ2v) is 6.04. The number of hydrogen-bond acceptors (Lipinski definition) is 4. The predicted molar refractivity (Wildman–Crippen MR) is 86.5 cm³/mol. The standard InChI is InChI=1S/C17H23N3O3/c1-23-15-4-2-3-13(11-15)16(21)19-7-9-20(10-8-19)17(22)14-5-6-18-12-14/h2-4,11,14,18H,5-10,12H2,1H3. The molecule has 0 aliphatic carbocycles. The smallest absolute Gasteiger partial charge is 0.254 e. The summed E-state index contributed by atoms with van der Waals surface area (Å²) in [4.78, 5) is 28.7. The van der Waals surface area contributed by atoms with Crippen LogP contribution in [-0.4, -0.2) is 68.0 Å². The molecule has 1 unspecified atom stereocenters. The average Bonchev–Trinajstić information content (AvgIpc) is 3.15. The molecular formula is C17H23N3O3. The highest BCUT2D eigenvalue weighted by molar-refractivity contribution is 5.94. The van der Waals surface area contributed by atoms with E-state index in [1.54, 1.807) is 19.2 Å². The number of amides is 2. The Labute approximate surface area is 136 Å². The Morgan fingerprint density at radius 2 is 1.91 bits per heavy atom. The van der Waals surface area contributed by atoms with Crippen molar-refractivity contribution in [3.8, 4) is 5.75 Å². The monoisotopic (exact) mass is 317 g/mol. The van der Waals surface area contributed by atoms with E-state index in [0.29, 0.717) is 37.5 Å². The number of carbonyl (C=O) groups is 2. The molecule has 3 rings (SSSR count). The summed E-state index contributed by atoms with van der Waals surface area (Å²) in [5.74, 6) is 1.01. The molecule has 1 N–H and O–H groups in total. The van der Waals surface area contributed by atoms with Crippen LogP contribution >= 0.6 is 0 Å². The largest absolute Gasteiger partial charge is 0.497 e. The van der Waals surface area contributed by atoms with E-state index in [9.17, 15) is 9.59 Å². The van der Waals surface area contributed by atoms with E-state index < -0.39 is 0 Å². The molecule has 2 fully saturated rings. The zero-order chi connectivity index (χ0) is 16.2. The fourth-order valence-corrected chi connectivity index (χ4v) is 3.19. The summed E-state index contributed by atoms with van der Waals surface area (Å²) in [6, 6.07) is 7.19. The van der Waals surface area contributed by atoms with E-state index in [0.717, 1.165) is 19.5 Å². The maximum Gasteiger partial charge on any atom is 0.254 e. The van der Waals surface area contributed by atoms with Crippen molar-refractivity contribution in [2.45, 2.75) is 6.42 Å². The SMILES string of the molecule is COc1cccc(C(=O)N2CCN(C(=O)C3CCNC3)CC2)c1. The highest BCUT2D eigenvalue weighted by Gasteiger charge is 2.30. The Kier molecular flexibility index (Phi) is 4.81. The predicted octanol–water partition coefficient (Wildman–Crippen LogP) is 0.589. The fourth-order valence-electron chi connectivity index (χ4n) is 3.19. The lowest BCUT2D eigenvalue weighted by atomic mass is 10.1. The van der Waals surface area contributed by atoms with Crippen LogP contribution in [0, 0.1) is 5.92 Å². The fraction of sp³-hybridized carbons (Fsp3) is 0.529. The highest BCUT2D eigenvalue weighted by Crippen LogP contribution is 2.17. The molecule has 2 heterocycles. The van der Waals surface area contributed by atoms with Crippen molar-refractivity contribution >= 4 is 11.8 Å². The van der Waals surface area contributed by atoms with E-state index in [1.165, 1.54) is 0 Å². The normalized spacial score (nSPS) is 21.3. The summed E-state index contributed by atoms with van der Waals surface area (Å²) in [7, 11) is 1.59. The maximum atomic E-state index is 12.6. The van der Waals surface area contributed by atoms with E-state index >= 15 is 0 Å². The molecule has 6 heteroatoms. The number of benzene rings is 1. The minimum absolute atomic E-state index is 0.00136. The van der Waals surface area contributed by atoms with Crippen LogP contribution in [0.25, 0.3) is 0 Å². The Hall–Kier alpha value is -2.08. The summed E-state index contributed by atoms with van der Waals surface area (Å²) in [6.07, 6.45) is 0.918. The molecule has 1 aromatic rings. The number of rotatable bonds is 3. The molecule has 0 radical (unpaired) electrons. The van der Waals surface area contributed by atoms with Crippen LogP contribution < -0.4 is 10.1 Å². The van der Waals surface area contributed by atoms with Gasteiger partial charge in [-0.1, -0.05) is 6.07 Å². The number of piperazine rings is 1. The first-order valence-electron chi connectivity index (χ1n) is 8.12. The summed E-state index contributed by atoms with van der Waals surface area (Å²) in [5, 5.41) is 3.23. The van der Waals surface area contributed by atoms with Crippen LogP contribution in [0.5, 0.6) is 5.75 Å². The van der Waals surface area contributed by atoms with Gasteiger partial charge in [0, 0.05) is 38.3 Å². The molecule has 0 aromatic heterocycles. The summed E-state index contributed by atoms with van der Waals surface area (Å²) in [5.41, 5.74) is 0.629. The van der Waals surface area contributed by atoms with E-state index in [1.807, 2.05) is 21.9 Å². The highest BCUT2D eigenvalue weighted by atomic mass is 16.5. The number of hydrogen-bond donors (Lipinski definition) is 1. The summed E-state index contributed by atoms with van der Waals surface area (Å²) in [6.45, 7) is 4.10. The number of carbonyl (C=O) groups excluding carboxylic acids is 2. The summed E-state index contributed by atoms with van der Waals surface area (Å²) < 4.78 is 5.17. The molecule has 2 amide bonds. The molecule has 23 heavy (non-hydrogen) atoms. The lowest BCUT2D eigenvalue weighted by molar-refractivity contribution is -0.136. The topological polar surface area (TPSA) is 61.9 Å². The van der Waals surface area contributed by atoms with Crippen LogP contribution in [0.4, 0.5) is 0 Å². The van der Waals surface area contributed by atoms with Crippen LogP contribution in [0.2, 0.25) is 0 Å². The van der Waals surface area contributed by atoms with Crippen molar-refractivity contribution in [1.82, 2.24) is 15.1 Å². The minimum atomic E-state index is -0.00136. The van der Waals surface area contributed by atoms with Crippen LogP contribution in [0.1, 0.15) is 16.8 Å². The average molecular weight is 317 g/mol. The third-order valence-corrected chi connectivity index (χ3v) is 4.60. The van der Waals surface area contributed by atoms with Crippen molar-refractivity contribution in [2.75, 3.05) is 46.4 Å². The first-order valence-corrected chi connectivity index (χ1v) is 8.12. The van der Waals surface area contributed by atoms with Gasteiger partial charge in [0.2, 0.25) is 5.91 Å². The zero-order valence-electron chi connectivity index (χ0n) is 13.5. The van der Waals surface area contributed by atoms with Crippen molar-refractivity contribution < 1.29 is 14.3 Å². The van der Waals surface area contributed by atoms with Gasteiger partial charge in [-0.3, -0.25) is 9.59 Å². The third-order valence-electron chi connectivity index (χ3n) is 4.60. The van der Waals surface area contributed by atoms with Crippen LogP contribution in [0.3, 0.4) is 0 Å². The van der Waals surface area contributed by atoms with Crippen LogP contribution in [0.15, 0.2) is 24.3 Å². The van der Waals surface area contributed by atoms with Crippen molar-refractivity contribution in [1.29, 1.82) is 0 Å². The summed E-state index contributed by atoms with van der Waals surface area (Å²) >= 11 is 0. The number of nitrogens with one attached hydrogen (secondary N) is 1. The first kappa shape index (κ1) is 15.8. The van der Waals surface area contributed by atoms with E-state index in [4.69, 9.17) is 4.74 Å². The Morgan fingerprint density at radius 1 is 1.17 bits per heavy atom. The number of nitrogens with zero attached hydrogens (tertiary/aromatic N) is 2. The Bertz CT molecular complexity index is 576. The van der Waals surface area contributed by atoms with Crippen molar-refractivity contribution in [2.24, 2.45) is 5.92 Å². The molecule has 0 spiro atoms. The van der Waals surface area contributed by atoms with Gasteiger partial charge in [0.15, 0.2) is 0 Å². The van der Waals surface area contributed by atoms with Gasteiger partial charge in [0.05, 0.1) is 13.0 Å². The second-order valence-electron chi connectivity index (χ2n) is 6.04. The third kappa shape index (κ3) is 3.47. The molecule has 0 bridgehead atoms. The van der Waals surface area contributed by atoms with Gasteiger partial charge >= 0.3 is 0 Å². The molecule has 2 saturated heterocycles. The second kappa shape index (κ2) is 7.00. The van der Waals surface area contributed by atoms with Gasteiger partial charge in [-0.15, -0.1) is 0 Å². The van der Waals surface area contributed by atoms with Gasteiger partial charge in [0.25, 0.3) is 5.91 Å². The van der Waals surface area contributed by atoms with Gasteiger partial charge in [0.1, 0.15) is 5.75 Å². The molecule has 1 atom stereocenters. The molecule has 0 saturated carbocycles. The molecule has 1 aromatic carbocycles. The maximum absolute atomic E-state index is 12.6. The lowest BCUT2D eigenvalue weighted by Gasteiger charge is -2.36. The van der Waals surface area contributed by atoms with Gasteiger partial charge in [-0.2, -0.15) is 0 Å². The van der Waals surface area contributed by atoms with Gasteiger partial charge in [-0.25, -0.2) is 0 Å². The van der Waals surface area contributed by atoms with E-state index in [2.05, 4.69) is 5.32 Å². The van der Waals surface area contributed by atoms with E-state index in [-0.39, 0.29) is 17.7 Å². The lowest BCUT2D eigenvalue weighted by Crippen LogP contribution is -2.52. The van der Waals surface area contributed by atoms with Crippen molar-refractivity contribution in [3.05, 3.63) is 29.8 Å².